The van der Waals surface area contributed by atoms with Crippen LogP contribution in [0.4, 0.5) is 14.5 Å². The van der Waals surface area contributed by atoms with Crippen LogP contribution in [0.3, 0.4) is 0 Å². The van der Waals surface area contributed by atoms with Gasteiger partial charge >= 0.3 is 0 Å². The van der Waals surface area contributed by atoms with E-state index in [0.29, 0.717) is 5.56 Å². The second-order valence-electron chi connectivity index (χ2n) is 12.3. The quantitative estimate of drug-likeness (QED) is 0.300. The number of nitrogens with zero attached hydrogens (tertiary/aromatic N) is 1. The first-order valence-electron chi connectivity index (χ1n) is 15.3. The van der Waals surface area contributed by atoms with Crippen LogP contribution in [0.2, 0.25) is 10.0 Å². The van der Waals surface area contributed by atoms with Crippen molar-refractivity contribution in [2.24, 2.45) is 0 Å². The fourth-order valence-corrected chi connectivity index (χ4v) is 7.85. The number of carbonyl (C=O) groups excluding carboxylic acids is 4. The molecule has 0 radical (unpaired) electrons. The average Bonchev–Trinajstić information content (AvgIpc) is 3.25. The number of sulfonamides is 1. The first-order valence-corrected chi connectivity index (χ1v) is 18.0. The Bertz CT molecular complexity index is 2020. The van der Waals surface area contributed by atoms with Gasteiger partial charge in [0.1, 0.15) is 22.8 Å². The number of carbonyl (C=O) groups is 4. The van der Waals surface area contributed by atoms with Crippen molar-refractivity contribution < 1.29 is 41.1 Å². The van der Waals surface area contributed by atoms with Crippen molar-refractivity contribution in [3.63, 3.8) is 0 Å². The van der Waals surface area contributed by atoms with Crippen molar-refractivity contribution >= 4 is 62.5 Å². The Labute approximate surface area is 292 Å². The molecule has 0 aromatic heterocycles. The number of hydrogen-bond acceptors (Lipinski definition) is 7. The molecule has 49 heavy (non-hydrogen) atoms. The highest BCUT2D eigenvalue weighted by Gasteiger charge is 2.65. The number of nitrogens with one attached hydrogen (secondary N) is 2. The van der Waals surface area contributed by atoms with Crippen LogP contribution < -0.4 is 19.7 Å². The first kappa shape index (κ1) is 36.2. The summed E-state index contributed by atoms with van der Waals surface area (Å²) in [4.78, 5) is 56.1. The fraction of sp³-hybridized carbons (Fsp3) is 0.353. The highest BCUT2D eigenvalue weighted by molar-refractivity contribution is 7.89. The summed E-state index contributed by atoms with van der Waals surface area (Å²) in [6, 6.07) is 8.92. The largest absolute Gasteiger partial charge is 0.477 e. The topological polar surface area (TPSA) is 139 Å². The summed E-state index contributed by atoms with van der Waals surface area (Å²) in [6.45, 7) is 6.03. The maximum absolute atomic E-state index is 15.5. The van der Waals surface area contributed by atoms with Gasteiger partial charge in [0.15, 0.2) is 5.60 Å². The monoisotopic (exact) mass is 735 g/mol. The number of imide groups is 1. The number of rotatable bonds is 8. The third-order valence-corrected chi connectivity index (χ3v) is 10.4. The molecule has 3 atom stereocenters. The van der Waals surface area contributed by atoms with Crippen LogP contribution in [0, 0.1) is 18.6 Å². The molecule has 0 aliphatic carbocycles. The molecule has 4 amide bonds. The van der Waals surface area contributed by atoms with E-state index in [-0.39, 0.29) is 51.0 Å². The van der Waals surface area contributed by atoms with Gasteiger partial charge in [-0.15, -0.1) is 0 Å². The number of fused-ring (bicyclic) bond motifs is 2. The van der Waals surface area contributed by atoms with E-state index in [4.69, 9.17) is 27.9 Å². The van der Waals surface area contributed by atoms with E-state index in [2.05, 4.69) is 5.32 Å². The second kappa shape index (κ2) is 13.0. The number of hydrogen-bond donors (Lipinski definition) is 2. The fourth-order valence-electron chi connectivity index (χ4n) is 6.99. The van der Waals surface area contributed by atoms with E-state index in [1.165, 1.54) is 30.3 Å². The summed E-state index contributed by atoms with van der Waals surface area (Å²) in [5.74, 6) is -6.01. The molecule has 260 valence electrons. The molecule has 3 aromatic rings. The molecule has 5 rings (SSSR count). The molecule has 3 aromatic carbocycles. The number of anilines is 1. The lowest BCUT2D eigenvalue weighted by Crippen LogP contribution is -2.59. The Kier molecular flexibility index (Phi) is 9.61. The Hall–Kier alpha value is -4.07. The molecule has 2 heterocycles. The minimum atomic E-state index is -4.00. The van der Waals surface area contributed by atoms with Gasteiger partial charge in [0.25, 0.3) is 5.91 Å². The van der Waals surface area contributed by atoms with E-state index >= 15 is 9.18 Å². The molecule has 0 unspecified atom stereocenters. The molecule has 10 nitrogen and oxygen atoms in total. The molecule has 2 N–H and O–H groups in total. The van der Waals surface area contributed by atoms with Crippen molar-refractivity contribution in [3.05, 3.63) is 92.5 Å². The van der Waals surface area contributed by atoms with Crippen molar-refractivity contribution in [1.82, 2.24) is 10.0 Å². The number of amides is 4. The maximum Gasteiger partial charge on any atom is 0.277 e. The van der Waals surface area contributed by atoms with Gasteiger partial charge in [0.05, 0.1) is 23.0 Å². The van der Waals surface area contributed by atoms with Crippen molar-refractivity contribution in [2.75, 3.05) is 11.2 Å². The second-order valence-corrected chi connectivity index (χ2v) is 14.9. The Morgan fingerprint density at radius 1 is 1.06 bits per heavy atom. The van der Waals surface area contributed by atoms with Crippen LogP contribution in [0.25, 0.3) is 0 Å². The van der Waals surface area contributed by atoms with Crippen molar-refractivity contribution in [1.29, 1.82) is 0 Å². The summed E-state index contributed by atoms with van der Waals surface area (Å²) in [5, 5.41) is 2.59. The van der Waals surface area contributed by atoms with Gasteiger partial charge in [-0.2, -0.15) is 0 Å². The predicted octanol–water partition coefficient (Wildman–Crippen LogP) is 5.77. The van der Waals surface area contributed by atoms with Crippen LogP contribution in [-0.2, 0) is 34.6 Å². The summed E-state index contributed by atoms with van der Waals surface area (Å²) in [7, 11) is -4.00. The van der Waals surface area contributed by atoms with Gasteiger partial charge < -0.3 is 10.1 Å². The minimum absolute atomic E-state index is 0.00207. The van der Waals surface area contributed by atoms with Crippen LogP contribution in [0.1, 0.15) is 74.2 Å². The molecule has 1 saturated heterocycles. The molecule has 15 heteroatoms. The zero-order valence-electron chi connectivity index (χ0n) is 27.1. The first-order chi connectivity index (χ1) is 22.9. The summed E-state index contributed by atoms with van der Waals surface area (Å²) in [5.41, 5.74) is -3.03. The number of benzene rings is 3. The van der Waals surface area contributed by atoms with Crippen LogP contribution in [0.5, 0.6) is 5.75 Å². The molecule has 2 aliphatic rings. The summed E-state index contributed by atoms with van der Waals surface area (Å²) >= 11 is 12.7. The molecule has 0 bridgehead atoms. The van der Waals surface area contributed by atoms with Gasteiger partial charge in [0.2, 0.25) is 27.7 Å². The van der Waals surface area contributed by atoms with Crippen LogP contribution in [0.15, 0.2) is 48.5 Å². The van der Waals surface area contributed by atoms with Gasteiger partial charge in [-0.1, -0.05) is 43.1 Å². The van der Waals surface area contributed by atoms with E-state index in [9.17, 15) is 27.2 Å². The highest BCUT2D eigenvalue weighted by atomic mass is 35.5. The summed E-state index contributed by atoms with van der Waals surface area (Å²) in [6.07, 6.45) is 0.391. The number of ether oxygens (including phenoxy) is 1. The van der Waals surface area contributed by atoms with Gasteiger partial charge in [0, 0.05) is 29.8 Å². The molecule has 2 aliphatic heterocycles. The van der Waals surface area contributed by atoms with E-state index in [1.807, 2.05) is 4.72 Å². The third kappa shape index (κ3) is 6.16. The molecule has 1 spiro atoms. The minimum Gasteiger partial charge on any atom is -0.477 e. The average molecular weight is 737 g/mol. The van der Waals surface area contributed by atoms with Gasteiger partial charge in [-0.05, 0) is 78.9 Å². The molecular weight excluding hydrogens is 703 g/mol. The Balaban J connectivity index is 1.87. The van der Waals surface area contributed by atoms with Crippen molar-refractivity contribution in [3.8, 4) is 5.75 Å². The zero-order chi connectivity index (χ0) is 36.2. The normalized spacial score (nSPS) is 20.6. The maximum atomic E-state index is 15.5. The lowest BCUT2D eigenvalue weighted by molar-refractivity contribution is -0.137. The van der Waals surface area contributed by atoms with E-state index in [1.54, 1.807) is 20.8 Å². The Morgan fingerprint density at radius 2 is 1.73 bits per heavy atom. The number of aryl methyl sites for hydroxylation is 1. The summed E-state index contributed by atoms with van der Waals surface area (Å²) < 4.78 is 62.9. The van der Waals surface area contributed by atoms with Gasteiger partial charge in [-0.3, -0.25) is 19.2 Å². The SMILES string of the molecule is CCC(CC)(Oc1ccc(Cl)cc1[C@H]1CC(=O)N[C@@H](c2cc(F)ccc2C)[C@]12C(=O)N(C(C)=O)c1cc(Cl)c(F)cc12)C(=O)NS(C)(=O)=O. The highest BCUT2D eigenvalue weighted by Crippen LogP contribution is 2.61. The van der Waals surface area contributed by atoms with E-state index < -0.39 is 74.7 Å². The third-order valence-electron chi connectivity index (χ3n) is 9.34. The van der Waals surface area contributed by atoms with Gasteiger partial charge in [-0.25, -0.2) is 26.8 Å². The predicted molar refractivity (Wildman–Crippen MR) is 179 cm³/mol. The number of piperidine rings is 1. The Morgan fingerprint density at radius 3 is 2.35 bits per heavy atom. The van der Waals surface area contributed by atoms with E-state index in [0.717, 1.165) is 36.3 Å². The molecule has 1 fully saturated rings. The molecular formula is C34H33Cl2F2N3O7S. The smallest absolute Gasteiger partial charge is 0.277 e. The lowest BCUT2D eigenvalue weighted by Gasteiger charge is -2.47. The van der Waals surface area contributed by atoms with Crippen molar-refractivity contribution in [2.45, 2.75) is 69.9 Å². The molecule has 0 saturated carbocycles. The standard InChI is InChI=1S/C34H33Cl2F2N3O7S/c1-6-33(7-2,31(44)40-49(5,46)47)48-28-11-9-19(35)12-22(28)23-15-29(43)39-30(21-13-20(37)10-8-17(21)3)34(23)24-14-26(38)25(36)16-27(24)41(18(4)42)32(34)45/h8-14,16,23,30H,6-7,15H2,1-5H3,(H,39,43)(H,40,44)/t23-,30+,34+/m1/s1. The van der Waals surface area contributed by atoms with Crippen LogP contribution in [-0.4, -0.2) is 43.9 Å². The number of halogens is 4. The lowest BCUT2D eigenvalue weighted by atomic mass is 9.58. The van der Waals surface area contributed by atoms with Crippen LogP contribution >= 0.6 is 23.2 Å². The zero-order valence-corrected chi connectivity index (χ0v) is 29.4.